The first-order valence-corrected chi connectivity index (χ1v) is 8.19. The Balaban J connectivity index is 2.08. The number of nitrogens with one attached hydrogen (secondary N) is 1. The van der Waals surface area contributed by atoms with E-state index in [1.54, 1.807) is 0 Å². The molecule has 0 bridgehead atoms. The number of hydrogen-bond donors (Lipinski definition) is 1. The normalized spacial score (nSPS) is 12.8. The van der Waals surface area contributed by atoms with E-state index < -0.39 is 0 Å². The zero-order chi connectivity index (χ0) is 15.2. The molecule has 2 rings (SSSR count). The number of aromatic nitrogens is 2. The maximum absolute atomic E-state index is 5.40. The highest BCUT2D eigenvalue weighted by molar-refractivity contribution is 9.10. The molecule has 1 N–H and O–H groups in total. The third-order valence-corrected chi connectivity index (χ3v) is 3.71. The van der Waals surface area contributed by atoms with Gasteiger partial charge in [0.2, 0.25) is 11.7 Å². The molecule has 0 saturated carbocycles. The van der Waals surface area contributed by atoms with Gasteiger partial charge < -0.3 is 9.84 Å². The molecule has 0 aliphatic rings. The zero-order valence-electron chi connectivity index (χ0n) is 12.8. The van der Waals surface area contributed by atoms with Crippen molar-refractivity contribution < 1.29 is 4.52 Å². The zero-order valence-corrected chi connectivity index (χ0v) is 14.4. The van der Waals surface area contributed by atoms with E-state index in [2.05, 4.69) is 52.2 Å². The average molecular weight is 352 g/mol. The lowest BCUT2D eigenvalue weighted by Crippen LogP contribution is -2.32. The molecule has 2 aromatic rings. The lowest BCUT2D eigenvalue weighted by atomic mass is 10.0. The van der Waals surface area contributed by atoms with Crippen LogP contribution in [0.15, 0.2) is 33.3 Å². The molecule has 0 aliphatic heterocycles. The second kappa shape index (κ2) is 7.71. The molecule has 0 spiro atoms. The van der Waals surface area contributed by atoms with E-state index in [4.69, 9.17) is 4.52 Å². The molecule has 0 radical (unpaired) electrons. The predicted molar refractivity (Wildman–Crippen MR) is 88.1 cm³/mol. The van der Waals surface area contributed by atoms with Gasteiger partial charge in [0, 0.05) is 22.5 Å². The van der Waals surface area contributed by atoms with Crippen LogP contribution in [0.1, 0.15) is 33.1 Å². The van der Waals surface area contributed by atoms with Gasteiger partial charge in [0.15, 0.2) is 0 Å². The molecular weight excluding hydrogens is 330 g/mol. The summed E-state index contributed by atoms with van der Waals surface area (Å²) in [4.78, 5) is 4.51. The summed E-state index contributed by atoms with van der Waals surface area (Å²) in [5.74, 6) is 1.98. The number of halogens is 1. The topological polar surface area (TPSA) is 51.0 Å². The van der Waals surface area contributed by atoms with Crippen LogP contribution in [0.5, 0.6) is 0 Å². The van der Waals surface area contributed by atoms with Crippen molar-refractivity contribution in [1.29, 1.82) is 0 Å². The van der Waals surface area contributed by atoms with Crippen LogP contribution in [0, 0.1) is 5.92 Å². The van der Waals surface area contributed by atoms with Gasteiger partial charge in [0.1, 0.15) is 0 Å². The largest absolute Gasteiger partial charge is 0.339 e. The Labute approximate surface area is 134 Å². The summed E-state index contributed by atoms with van der Waals surface area (Å²) in [6.07, 6.45) is 1.87. The van der Waals surface area contributed by atoms with Crippen molar-refractivity contribution >= 4 is 15.9 Å². The first-order chi connectivity index (χ1) is 10.1. The minimum Gasteiger partial charge on any atom is -0.339 e. The molecule has 0 amide bonds. The fraction of sp³-hybridized carbons (Fsp3) is 0.500. The van der Waals surface area contributed by atoms with Crippen molar-refractivity contribution in [2.45, 2.75) is 39.7 Å². The second-order valence-electron chi connectivity index (χ2n) is 5.61. The lowest BCUT2D eigenvalue weighted by molar-refractivity contribution is 0.340. The standard InChI is InChI=1S/C16H22BrN3O/c1-4-18-14(8-11(2)3)10-15-19-16(20-21-15)12-6-5-7-13(17)9-12/h5-7,9,11,14,18H,4,8,10H2,1-3H3. The van der Waals surface area contributed by atoms with E-state index in [9.17, 15) is 0 Å². The van der Waals surface area contributed by atoms with Crippen LogP contribution in [0.2, 0.25) is 0 Å². The summed E-state index contributed by atoms with van der Waals surface area (Å²) >= 11 is 3.46. The van der Waals surface area contributed by atoms with E-state index in [1.165, 1.54) is 0 Å². The Kier molecular flexibility index (Phi) is 5.94. The maximum atomic E-state index is 5.40. The van der Waals surface area contributed by atoms with Crippen LogP contribution in [-0.2, 0) is 6.42 Å². The maximum Gasteiger partial charge on any atom is 0.228 e. The van der Waals surface area contributed by atoms with Crippen LogP contribution < -0.4 is 5.32 Å². The molecule has 4 nitrogen and oxygen atoms in total. The molecule has 0 aliphatic carbocycles. The Bertz CT molecular complexity index is 568. The molecule has 1 aromatic carbocycles. The predicted octanol–water partition coefficient (Wildman–Crippen LogP) is 4.07. The highest BCUT2D eigenvalue weighted by atomic mass is 79.9. The van der Waals surface area contributed by atoms with Crippen LogP contribution in [0.25, 0.3) is 11.4 Å². The lowest BCUT2D eigenvalue weighted by Gasteiger charge is -2.17. The number of benzene rings is 1. The van der Waals surface area contributed by atoms with Crippen LogP contribution in [-0.4, -0.2) is 22.7 Å². The fourth-order valence-electron chi connectivity index (χ4n) is 2.39. The Morgan fingerprint density at radius 3 is 2.81 bits per heavy atom. The van der Waals surface area contributed by atoms with Crippen LogP contribution >= 0.6 is 15.9 Å². The molecule has 5 heteroatoms. The smallest absolute Gasteiger partial charge is 0.228 e. The van der Waals surface area contributed by atoms with Gasteiger partial charge >= 0.3 is 0 Å². The molecule has 114 valence electrons. The number of rotatable bonds is 7. The van der Waals surface area contributed by atoms with E-state index >= 15 is 0 Å². The molecular formula is C16H22BrN3O. The van der Waals surface area contributed by atoms with E-state index in [1.807, 2.05) is 24.3 Å². The van der Waals surface area contributed by atoms with Gasteiger partial charge in [-0.2, -0.15) is 4.98 Å². The summed E-state index contributed by atoms with van der Waals surface area (Å²) in [5, 5.41) is 7.57. The van der Waals surface area contributed by atoms with Gasteiger partial charge in [0.25, 0.3) is 0 Å². The number of nitrogens with zero attached hydrogens (tertiary/aromatic N) is 2. The summed E-state index contributed by atoms with van der Waals surface area (Å²) in [5.41, 5.74) is 0.961. The van der Waals surface area contributed by atoms with Crippen LogP contribution in [0.4, 0.5) is 0 Å². The van der Waals surface area contributed by atoms with Crippen LogP contribution in [0.3, 0.4) is 0 Å². The second-order valence-corrected chi connectivity index (χ2v) is 6.53. The Hall–Kier alpha value is -1.20. The van der Waals surface area contributed by atoms with Gasteiger partial charge in [-0.1, -0.05) is 54.0 Å². The molecule has 0 fully saturated rings. The van der Waals surface area contributed by atoms with Crippen molar-refractivity contribution in [3.05, 3.63) is 34.6 Å². The highest BCUT2D eigenvalue weighted by Crippen LogP contribution is 2.21. The number of likely N-dealkylation sites (N-methyl/N-ethyl adjacent to an activating group) is 1. The third kappa shape index (κ3) is 4.93. The van der Waals surface area contributed by atoms with Crippen molar-refractivity contribution in [2.75, 3.05) is 6.54 Å². The minimum absolute atomic E-state index is 0.380. The van der Waals surface area contributed by atoms with Crippen molar-refractivity contribution in [2.24, 2.45) is 5.92 Å². The molecule has 21 heavy (non-hydrogen) atoms. The molecule has 1 heterocycles. The van der Waals surface area contributed by atoms with Crippen molar-refractivity contribution in [3.8, 4) is 11.4 Å². The SMILES string of the molecule is CCNC(Cc1nc(-c2cccc(Br)c2)no1)CC(C)C. The minimum atomic E-state index is 0.380. The molecule has 1 atom stereocenters. The van der Waals surface area contributed by atoms with Gasteiger partial charge in [-0.15, -0.1) is 0 Å². The summed E-state index contributed by atoms with van der Waals surface area (Å²) in [7, 11) is 0. The molecule has 1 aromatic heterocycles. The van der Waals surface area contributed by atoms with E-state index in [0.717, 1.165) is 29.4 Å². The Morgan fingerprint density at radius 1 is 1.33 bits per heavy atom. The third-order valence-electron chi connectivity index (χ3n) is 3.22. The average Bonchev–Trinajstić information content (AvgIpc) is 2.87. The first-order valence-electron chi connectivity index (χ1n) is 7.40. The number of hydrogen-bond acceptors (Lipinski definition) is 4. The molecule has 1 unspecified atom stereocenters. The monoisotopic (exact) mass is 351 g/mol. The van der Waals surface area contributed by atoms with E-state index in [0.29, 0.717) is 23.7 Å². The fourth-order valence-corrected chi connectivity index (χ4v) is 2.79. The van der Waals surface area contributed by atoms with Gasteiger partial charge in [-0.25, -0.2) is 0 Å². The van der Waals surface area contributed by atoms with Gasteiger partial charge in [0.05, 0.1) is 0 Å². The summed E-state index contributed by atoms with van der Waals surface area (Å²) in [6.45, 7) is 7.52. The van der Waals surface area contributed by atoms with Gasteiger partial charge in [-0.05, 0) is 31.0 Å². The van der Waals surface area contributed by atoms with Crippen molar-refractivity contribution in [3.63, 3.8) is 0 Å². The van der Waals surface area contributed by atoms with E-state index in [-0.39, 0.29) is 0 Å². The first kappa shape index (κ1) is 16.2. The van der Waals surface area contributed by atoms with Crippen molar-refractivity contribution in [1.82, 2.24) is 15.5 Å². The quantitative estimate of drug-likeness (QED) is 0.816. The van der Waals surface area contributed by atoms with Gasteiger partial charge in [-0.3, -0.25) is 0 Å². The summed E-state index contributed by atoms with van der Waals surface area (Å²) < 4.78 is 6.41. The Morgan fingerprint density at radius 2 is 2.14 bits per heavy atom. The summed E-state index contributed by atoms with van der Waals surface area (Å²) in [6, 6.07) is 8.30. The highest BCUT2D eigenvalue weighted by Gasteiger charge is 2.16. The molecule has 0 saturated heterocycles.